The highest BCUT2D eigenvalue weighted by Crippen LogP contribution is 2.02. The minimum Gasteiger partial charge on any atom is -0.381 e. The van der Waals surface area contributed by atoms with Gasteiger partial charge in [-0.1, -0.05) is 54.4 Å². The van der Waals surface area contributed by atoms with Gasteiger partial charge in [-0.05, 0) is 37.5 Å². The molecule has 0 rings (SSSR count). The van der Waals surface area contributed by atoms with E-state index in [-0.39, 0.29) is 0 Å². The highest BCUT2D eigenvalue weighted by atomic mass is 16.5. The quantitative estimate of drug-likeness (QED) is 0.429. The molecule has 0 heterocycles. The first-order valence-electron chi connectivity index (χ1n) is 8.69. The van der Waals surface area contributed by atoms with Crippen molar-refractivity contribution in [3.63, 3.8) is 0 Å². The van der Waals surface area contributed by atoms with E-state index in [1.165, 1.54) is 38.5 Å². The molecule has 0 amide bonds. The van der Waals surface area contributed by atoms with Crippen molar-refractivity contribution in [2.75, 3.05) is 26.4 Å². The summed E-state index contributed by atoms with van der Waals surface area (Å²) < 4.78 is 10.8. The SMILES string of the molecule is CC(C)CCOCCC(C)C.CCCCOCCCC. The lowest BCUT2D eigenvalue weighted by molar-refractivity contribution is 0.114. The zero-order valence-corrected chi connectivity index (χ0v) is 15.0. The van der Waals surface area contributed by atoms with Crippen molar-refractivity contribution in [3.05, 3.63) is 0 Å². The fraction of sp³-hybridized carbons (Fsp3) is 1.00. The van der Waals surface area contributed by atoms with Gasteiger partial charge < -0.3 is 9.47 Å². The minimum atomic E-state index is 0.772. The second kappa shape index (κ2) is 18.9. The van der Waals surface area contributed by atoms with Crippen LogP contribution in [0.15, 0.2) is 0 Å². The molecule has 0 aliphatic rings. The van der Waals surface area contributed by atoms with Gasteiger partial charge in [-0.25, -0.2) is 0 Å². The van der Waals surface area contributed by atoms with E-state index in [2.05, 4.69) is 41.5 Å². The van der Waals surface area contributed by atoms with Crippen molar-refractivity contribution >= 4 is 0 Å². The van der Waals surface area contributed by atoms with E-state index in [0.29, 0.717) is 0 Å². The molecule has 0 saturated heterocycles. The van der Waals surface area contributed by atoms with Crippen LogP contribution in [-0.4, -0.2) is 26.4 Å². The Morgan fingerprint density at radius 2 is 0.950 bits per heavy atom. The van der Waals surface area contributed by atoms with Gasteiger partial charge in [0.25, 0.3) is 0 Å². The molecular formula is C18H40O2. The Hall–Kier alpha value is -0.0800. The Bertz CT molecular complexity index is 139. The van der Waals surface area contributed by atoms with Crippen molar-refractivity contribution in [3.8, 4) is 0 Å². The average molecular weight is 289 g/mol. The molecule has 0 aromatic rings. The van der Waals surface area contributed by atoms with Crippen molar-refractivity contribution in [2.24, 2.45) is 11.8 Å². The number of hydrogen-bond donors (Lipinski definition) is 0. The number of rotatable bonds is 12. The Labute approximate surface area is 128 Å². The van der Waals surface area contributed by atoms with Crippen molar-refractivity contribution in [1.82, 2.24) is 0 Å². The lowest BCUT2D eigenvalue weighted by atomic mass is 10.1. The summed E-state index contributed by atoms with van der Waals surface area (Å²) in [5, 5.41) is 0. The molecule has 0 unspecified atom stereocenters. The molecule has 2 nitrogen and oxygen atoms in total. The molecule has 0 aliphatic carbocycles. The fourth-order valence-corrected chi connectivity index (χ4v) is 1.33. The molecule has 0 spiro atoms. The monoisotopic (exact) mass is 288 g/mol. The highest BCUT2D eigenvalue weighted by molar-refractivity contribution is 4.45. The second-order valence-electron chi connectivity index (χ2n) is 6.30. The molecule has 0 N–H and O–H groups in total. The van der Waals surface area contributed by atoms with Gasteiger partial charge in [0.05, 0.1) is 0 Å². The smallest absolute Gasteiger partial charge is 0.0468 e. The maximum Gasteiger partial charge on any atom is 0.0468 e. The molecule has 0 aromatic carbocycles. The summed E-state index contributed by atoms with van der Waals surface area (Å²) in [5.74, 6) is 1.54. The summed E-state index contributed by atoms with van der Waals surface area (Å²) in [6.07, 6.45) is 7.29. The Morgan fingerprint density at radius 1 is 0.600 bits per heavy atom. The summed E-state index contributed by atoms with van der Waals surface area (Å²) in [5.41, 5.74) is 0. The summed E-state index contributed by atoms with van der Waals surface area (Å²) in [6, 6.07) is 0. The van der Waals surface area contributed by atoms with Crippen LogP contribution in [-0.2, 0) is 9.47 Å². The molecule has 20 heavy (non-hydrogen) atoms. The van der Waals surface area contributed by atoms with Crippen molar-refractivity contribution < 1.29 is 9.47 Å². The lowest BCUT2D eigenvalue weighted by Crippen LogP contribution is -2.02. The molecule has 0 fully saturated rings. The van der Waals surface area contributed by atoms with Crippen LogP contribution in [0.1, 0.15) is 80.1 Å². The normalized spacial score (nSPS) is 10.8. The van der Waals surface area contributed by atoms with E-state index < -0.39 is 0 Å². The molecule has 0 aliphatic heterocycles. The van der Waals surface area contributed by atoms with Crippen molar-refractivity contribution in [1.29, 1.82) is 0 Å². The summed E-state index contributed by atoms with van der Waals surface area (Å²) in [6.45, 7) is 17.1. The van der Waals surface area contributed by atoms with Crippen LogP contribution in [0.2, 0.25) is 0 Å². The fourth-order valence-electron chi connectivity index (χ4n) is 1.33. The standard InChI is InChI=1S/C10H22O.C8H18O/c1-9(2)5-7-11-8-6-10(3)4;1-3-5-7-9-8-6-4-2/h9-10H,5-8H2,1-4H3;3-8H2,1-2H3. The Balaban J connectivity index is 0. The first-order valence-corrected chi connectivity index (χ1v) is 8.69. The van der Waals surface area contributed by atoms with Crippen LogP contribution in [0.5, 0.6) is 0 Å². The molecule has 2 heteroatoms. The predicted molar refractivity (Wildman–Crippen MR) is 90.4 cm³/mol. The molecule has 124 valence electrons. The third-order valence-corrected chi connectivity index (χ3v) is 2.96. The highest BCUT2D eigenvalue weighted by Gasteiger charge is 1.95. The van der Waals surface area contributed by atoms with Gasteiger partial charge in [-0.15, -0.1) is 0 Å². The van der Waals surface area contributed by atoms with Gasteiger partial charge in [0.1, 0.15) is 0 Å². The first-order chi connectivity index (χ1) is 9.54. The third kappa shape index (κ3) is 26.5. The molecule has 0 atom stereocenters. The van der Waals surface area contributed by atoms with Crippen LogP contribution in [0.4, 0.5) is 0 Å². The van der Waals surface area contributed by atoms with Crippen molar-refractivity contribution in [2.45, 2.75) is 80.1 Å². The summed E-state index contributed by atoms with van der Waals surface area (Å²) in [7, 11) is 0. The Morgan fingerprint density at radius 3 is 1.25 bits per heavy atom. The topological polar surface area (TPSA) is 18.5 Å². The van der Waals surface area contributed by atoms with E-state index in [1.54, 1.807) is 0 Å². The van der Waals surface area contributed by atoms with Crippen LogP contribution in [0, 0.1) is 11.8 Å². The van der Waals surface area contributed by atoms with E-state index in [1.807, 2.05) is 0 Å². The molecule has 0 bridgehead atoms. The zero-order chi connectivity index (χ0) is 15.6. The van der Waals surface area contributed by atoms with Gasteiger partial charge in [0.2, 0.25) is 0 Å². The van der Waals surface area contributed by atoms with Crippen LogP contribution in [0.3, 0.4) is 0 Å². The molecule has 0 aromatic heterocycles. The van der Waals surface area contributed by atoms with Crippen LogP contribution >= 0.6 is 0 Å². The summed E-state index contributed by atoms with van der Waals surface area (Å²) >= 11 is 0. The van der Waals surface area contributed by atoms with Crippen LogP contribution < -0.4 is 0 Å². The molecule has 0 radical (unpaired) electrons. The van der Waals surface area contributed by atoms with E-state index >= 15 is 0 Å². The van der Waals surface area contributed by atoms with Gasteiger partial charge in [0, 0.05) is 26.4 Å². The third-order valence-electron chi connectivity index (χ3n) is 2.96. The minimum absolute atomic E-state index is 0.772. The number of hydrogen-bond acceptors (Lipinski definition) is 2. The Kier molecular flexibility index (Phi) is 21.0. The average Bonchev–Trinajstić information content (AvgIpc) is 2.38. The van der Waals surface area contributed by atoms with E-state index in [4.69, 9.17) is 9.47 Å². The lowest BCUT2D eigenvalue weighted by Gasteiger charge is -2.07. The summed E-state index contributed by atoms with van der Waals surface area (Å²) in [4.78, 5) is 0. The van der Waals surface area contributed by atoms with E-state index in [9.17, 15) is 0 Å². The van der Waals surface area contributed by atoms with Gasteiger partial charge in [-0.3, -0.25) is 0 Å². The number of ether oxygens (including phenoxy) is 2. The van der Waals surface area contributed by atoms with Gasteiger partial charge >= 0.3 is 0 Å². The van der Waals surface area contributed by atoms with Gasteiger partial charge in [0.15, 0.2) is 0 Å². The number of unbranched alkanes of at least 4 members (excludes halogenated alkanes) is 2. The largest absolute Gasteiger partial charge is 0.381 e. The maximum absolute atomic E-state index is 5.46. The molecule has 0 saturated carbocycles. The van der Waals surface area contributed by atoms with Gasteiger partial charge in [-0.2, -0.15) is 0 Å². The maximum atomic E-state index is 5.46. The zero-order valence-electron chi connectivity index (χ0n) is 15.0. The van der Waals surface area contributed by atoms with E-state index in [0.717, 1.165) is 38.3 Å². The molecular weight excluding hydrogens is 248 g/mol. The first kappa shape index (κ1) is 22.2. The van der Waals surface area contributed by atoms with Crippen LogP contribution in [0.25, 0.3) is 0 Å². The second-order valence-corrected chi connectivity index (χ2v) is 6.30. The predicted octanol–water partition coefficient (Wildman–Crippen LogP) is 5.70.